The maximum Gasteiger partial charge on any atom is 0.495 e. The van der Waals surface area contributed by atoms with Crippen LogP contribution in [0.2, 0.25) is 0 Å². The van der Waals surface area contributed by atoms with Gasteiger partial charge in [-0.3, -0.25) is 0 Å². The number of methoxy groups -OCH3 is 1. The fourth-order valence-electron chi connectivity index (χ4n) is 0.880. The summed E-state index contributed by atoms with van der Waals surface area (Å²) in [5.74, 6) is 0. The highest BCUT2D eigenvalue weighted by atomic mass is 19.3. The summed E-state index contributed by atoms with van der Waals surface area (Å²) in [6, 6.07) is 0. The second-order valence-corrected chi connectivity index (χ2v) is 3.67. The van der Waals surface area contributed by atoms with Crippen LogP contribution in [0.25, 0.3) is 0 Å². The van der Waals surface area contributed by atoms with E-state index >= 15 is 0 Å². The number of hydrogen-bond acceptors (Lipinski definition) is 5. The number of hydrogen-bond donors (Lipinski definition) is 1. The first kappa shape index (κ1) is 22.1. The van der Waals surface area contributed by atoms with Gasteiger partial charge in [0.05, 0.1) is 0 Å². The highest BCUT2D eigenvalue weighted by Gasteiger charge is 2.68. The van der Waals surface area contributed by atoms with Gasteiger partial charge in [-0.15, -0.1) is 8.78 Å². The Hall–Kier alpha value is -0.900. The van der Waals surface area contributed by atoms with Gasteiger partial charge in [-0.25, -0.2) is 14.2 Å². The van der Waals surface area contributed by atoms with Gasteiger partial charge in [-0.1, -0.05) is 0 Å². The van der Waals surface area contributed by atoms with Gasteiger partial charge in [0.2, 0.25) is 0 Å². The van der Waals surface area contributed by atoms with Crippen molar-refractivity contribution in [3.05, 3.63) is 0 Å². The van der Waals surface area contributed by atoms with Crippen molar-refractivity contribution in [3.8, 4) is 0 Å². The van der Waals surface area contributed by atoms with Crippen LogP contribution in [0.3, 0.4) is 0 Å². The van der Waals surface area contributed by atoms with Crippen molar-refractivity contribution in [3.63, 3.8) is 0 Å². The zero-order chi connectivity index (χ0) is 18.7. The SMILES string of the molecule is COCC(F)(F)OC(F)(F)C(F)(F)OC(F)(F)OC(F)(F)CO. The predicted molar refractivity (Wildman–Crippen MR) is 47.0 cm³/mol. The lowest BCUT2D eigenvalue weighted by molar-refractivity contribution is -0.566. The average molecular weight is 374 g/mol. The van der Waals surface area contributed by atoms with Gasteiger partial charge >= 0.3 is 30.7 Å². The highest BCUT2D eigenvalue weighted by Crippen LogP contribution is 2.44. The van der Waals surface area contributed by atoms with Gasteiger partial charge in [-0.05, 0) is 0 Å². The van der Waals surface area contributed by atoms with Crippen LogP contribution in [-0.4, -0.2) is 56.2 Å². The fraction of sp³-hybridized carbons (Fsp3) is 1.00. The van der Waals surface area contributed by atoms with Crippen LogP contribution < -0.4 is 0 Å². The number of rotatable bonds is 10. The average Bonchev–Trinajstić information content (AvgIpc) is 2.23. The molecule has 0 aromatic heterocycles. The van der Waals surface area contributed by atoms with E-state index in [1.165, 1.54) is 0 Å². The minimum absolute atomic E-state index is 0.545. The molecule has 0 saturated carbocycles. The number of aliphatic hydroxyl groups excluding tert-OH is 1. The molecule has 0 unspecified atom stereocenters. The summed E-state index contributed by atoms with van der Waals surface area (Å²) in [5.41, 5.74) is 0. The minimum atomic E-state index is -6.53. The number of halogens is 10. The van der Waals surface area contributed by atoms with Crippen molar-refractivity contribution >= 4 is 0 Å². The van der Waals surface area contributed by atoms with E-state index in [1.54, 1.807) is 0 Å². The third-order valence-corrected chi connectivity index (χ3v) is 1.63. The molecule has 0 rings (SSSR count). The molecule has 0 amide bonds. The van der Waals surface area contributed by atoms with Crippen LogP contribution in [0.4, 0.5) is 43.9 Å². The Balaban J connectivity index is 5.15. The summed E-state index contributed by atoms with van der Waals surface area (Å²) in [6.07, 6.45) is -29.2. The van der Waals surface area contributed by atoms with Crippen LogP contribution in [0.1, 0.15) is 0 Å². The largest absolute Gasteiger partial charge is 0.495 e. The topological polar surface area (TPSA) is 57.2 Å². The Morgan fingerprint density at radius 1 is 0.696 bits per heavy atom. The molecular weight excluding hydrogens is 366 g/mol. The van der Waals surface area contributed by atoms with Gasteiger partial charge < -0.3 is 9.84 Å². The zero-order valence-electron chi connectivity index (χ0n) is 10.8. The monoisotopic (exact) mass is 374 g/mol. The van der Waals surface area contributed by atoms with Gasteiger partial charge in [-0.2, -0.15) is 35.1 Å². The molecule has 23 heavy (non-hydrogen) atoms. The van der Waals surface area contributed by atoms with Crippen LogP contribution >= 0.6 is 0 Å². The first-order valence-electron chi connectivity index (χ1n) is 5.08. The van der Waals surface area contributed by atoms with Crippen LogP contribution in [0, 0.1) is 0 Å². The summed E-state index contributed by atoms with van der Waals surface area (Å²) in [4.78, 5) is 0. The second-order valence-electron chi connectivity index (χ2n) is 3.67. The molecule has 1 N–H and O–H groups in total. The molecule has 15 heteroatoms. The van der Waals surface area contributed by atoms with E-state index in [9.17, 15) is 43.9 Å². The Kier molecular flexibility index (Phi) is 6.65. The number of alkyl halides is 10. The van der Waals surface area contributed by atoms with E-state index in [2.05, 4.69) is 14.2 Å². The van der Waals surface area contributed by atoms with E-state index in [0.29, 0.717) is 7.11 Å². The van der Waals surface area contributed by atoms with Crippen molar-refractivity contribution in [1.29, 1.82) is 0 Å². The molecule has 140 valence electrons. The normalized spacial score (nSPS) is 15.1. The van der Waals surface area contributed by atoms with E-state index in [-0.39, 0.29) is 0 Å². The molecule has 0 aliphatic heterocycles. The van der Waals surface area contributed by atoms with Gasteiger partial charge in [0.15, 0.2) is 0 Å². The summed E-state index contributed by atoms with van der Waals surface area (Å²) < 4.78 is 136. The maximum absolute atomic E-state index is 12.8. The van der Waals surface area contributed by atoms with E-state index in [1.807, 2.05) is 4.74 Å². The molecule has 0 aromatic rings. The third-order valence-electron chi connectivity index (χ3n) is 1.63. The fourth-order valence-corrected chi connectivity index (χ4v) is 0.880. The Labute approximate surface area is 120 Å². The molecule has 0 spiro atoms. The lowest BCUT2D eigenvalue weighted by Gasteiger charge is -2.31. The zero-order valence-corrected chi connectivity index (χ0v) is 10.8. The lowest BCUT2D eigenvalue weighted by Crippen LogP contribution is -2.53. The molecule has 0 fully saturated rings. The van der Waals surface area contributed by atoms with E-state index < -0.39 is 43.9 Å². The Morgan fingerprint density at radius 2 is 1.13 bits per heavy atom. The van der Waals surface area contributed by atoms with Crippen LogP contribution in [-0.2, 0) is 18.9 Å². The summed E-state index contributed by atoms with van der Waals surface area (Å²) in [5, 5.41) is 7.89. The van der Waals surface area contributed by atoms with Gasteiger partial charge in [0, 0.05) is 7.11 Å². The quantitative estimate of drug-likeness (QED) is 0.471. The maximum atomic E-state index is 12.8. The van der Waals surface area contributed by atoms with Crippen molar-refractivity contribution in [2.75, 3.05) is 20.3 Å². The first-order chi connectivity index (χ1) is 9.99. The summed E-state index contributed by atoms with van der Waals surface area (Å²) in [7, 11) is 0.545. The molecule has 0 aliphatic carbocycles. The van der Waals surface area contributed by atoms with Crippen LogP contribution in [0.15, 0.2) is 0 Å². The molecule has 0 radical (unpaired) electrons. The molecule has 0 atom stereocenters. The van der Waals surface area contributed by atoms with Crippen molar-refractivity contribution < 1.29 is 68.0 Å². The standard InChI is InChI=1S/C8H8F10O5/c1-20-3-5(11,12)21-6(13,14)7(15,16)23-8(17,18)22-4(9,10)2-19/h19H,2-3H2,1H3. The van der Waals surface area contributed by atoms with Gasteiger partial charge in [0.1, 0.15) is 13.2 Å². The van der Waals surface area contributed by atoms with Crippen molar-refractivity contribution in [2.24, 2.45) is 0 Å². The van der Waals surface area contributed by atoms with Crippen molar-refractivity contribution in [1.82, 2.24) is 0 Å². The summed E-state index contributed by atoms with van der Waals surface area (Å²) in [6.45, 7) is -4.41. The molecule has 0 aliphatic rings. The third kappa shape index (κ3) is 7.03. The molecular formula is C8H8F10O5. The molecule has 0 saturated heterocycles. The molecule has 5 nitrogen and oxygen atoms in total. The lowest BCUT2D eigenvalue weighted by atomic mass is 10.5. The van der Waals surface area contributed by atoms with E-state index in [0.717, 1.165) is 0 Å². The highest BCUT2D eigenvalue weighted by molar-refractivity contribution is 4.70. The van der Waals surface area contributed by atoms with Crippen molar-refractivity contribution in [2.45, 2.75) is 30.7 Å². The van der Waals surface area contributed by atoms with Gasteiger partial charge in [0.25, 0.3) is 0 Å². The second kappa shape index (κ2) is 6.92. The first-order valence-corrected chi connectivity index (χ1v) is 5.08. The Morgan fingerprint density at radius 3 is 1.52 bits per heavy atom. The number of aliphatic hydroxyl groups is 1. The number of ether oxygens (including phenoxy) is 4. The van der Waals surface area contributed by atoms with E-state index in [4.69, 9.17) is 5.11 Å². The minimum Gasteiger partial charge on any atom is -0.387 e. The van der Waals surface area contributed by atoms with Crippen LogP contribution in [0.5, 0.6) is 0 Å². The molecule has 0 aromatic carbocycles. The smallest absolute Gasteiger partial charge is 0.387 e. The molecule has 0 heterocycles. The molecule has 0 bridgehead atoms. The Bertz CT molecular complexity index is 387. The predicted octanol–water partition coefficient (Wildman–Crippen LogP) is 2.60. The summed E-state index contributed by atoms with van der Waals surface area (Å²) >= 11 is 0.